The second kappa shape index (κ2) is 6.39. The molecule has 0 bridgehead atoms. The summed E-state index contributed by atoms with van der Waals surface area (Å²) in [5.41, 5.74) is 8.33. The third-order valence-corrected chi connectivity index (χ3v) is 5.21. The molecule has 0 saturated carbocycles. The zero-order valence-electron chi connectivity index (χ0n) is 15.3. The van der Waals surface area contributed by atoms with Crippen LogP contribution in [0.25, 0.3) is 22.5 Å². The maximum Gasteiger partial charge on any atom is 0.124 e. The van der Waals surface area contributed by atoms with Crippen molar-refractivity contribution in [1.29, 1.82) is 5.26 Å². The van der Waals surface area contributed by atoms with Gasteiger partial charge in [0.2, 0.25) is 0 Å². The summed E-state index contributed by atoms with van der Waals surface area (Å²) in [7, 11) is 1.70. The lowest BCUT2D eigenvalue weighted by Gasteiger charge is -2.12. The summed E-state index contributed by atoms with van der Waals surface area (Å²) in [6, 6.07) is 14.0. The smallest absolute Gasteiger partial charge is 0.124 e. The normalized spacial score (nSPS) is 11.7. The van der Waals surface area contributed by atoms with Crippen molar-refractivity contribution in [3.05, 3.63) is 77.4 Å². The molecule has 0 amide bonds. The van der Waals surface area contributed by atoms with Gasteiger partial charge in [0, 0.05) is 41.1 Å². The van der Waals surface area contributed by atoms with Crippen LogP contribution in [0.3, 0.4) is 0 Å². The number of nitrogens with zero attached hydrogens (tertiary/aromatic N) is 4. The number of aromatic amines is 1. The van der Waals surface area contributed by atoms with Crippen molar-refractivity contribution in [1.82, 2.24) is 19.7 Å². The van der Waals surface area contributed by atoms with Gasteiger partial charge < -0.3 is 9.30 Å². The molecular formula is C22H17N5O. The number of aromatic nitrogens is 4. The summed E-state index contributed by atoms with van der Waals surface area (Å²) >= 11 is 0. The Bertz CT molecular complexity index is 1200. The second-order valence-corrected chi connectivity index (χ2v) is 6.85. The number of nitriles is 1. The predicted octanol–water partition coefficient (Wildman–Crippen LogP) is 3.77. The first kappa shape index (κ1) is 16.3. The summed E-state index contributed by atoms with van der Waals surface area (Å²) in [4.78, 5) is 4.12. The molecule has 0 fully saturated rings. The van der Waals surface area contributed by atoms with E-state index in [-0.39, 0.29) is 0 Å². The molecule has 2 aromatic heterocycles. The summed E-state index contributed by atoms with van der Waals surface area (Å²) in [6.45, 7) is 0.713. The minimum absolute atomic E-state index is 0.646. The first-order chi connectivity index (χ1) is 13.8. The second-order valence-electron chi connectivity index (χ2n) is 6.85. The third-order valence-electron chi connectivity index (χ3n) is 5.21. The number of nitrogens with one attached hydrogen (secondary N) is 1. The lowest BCUT2D eigenvalue weighted by molar-refractivity contribution is 0.408. The molecule has 0 radical (unpaired) electrons. The number of imidazole rings is 1. The Labute approximate surface area is 162 Å². The van der Waals surface area contributed by atoms with Gasteiger partial charge in [-0.25, -0.2) is 4.98 Å². The molecule has 1 N–H and O–H groups in total. The van der Waals surface area contributed by atoms with E-state index in [0.717, 1.165) is 40.2 Å². The molecular weight excluding hydrogens is 350 g/mol. The minimum atomic E-state index is 0.646. The molecule has 1 aliphatic rings. The minimum Gasteiger partial charge on any atom is -0.496 e. The van der Waals surface area contributed by atoms with Gasteiger partial charge in [0.05, 0.1) is 43.0 Å². The molecule has 0 saturated heterocycles. The molecule has 5 rings (SSSR count). The molecule has 0 spiro atoms. The van der Waals surface area contributed by atoms with Crippen molar-refractivity contribution in [2.75, 3.05) is 7.11 Å². The number of H-pyrrole nitrogens is 1. The van der Waals surface area contributed by atoms with Gasteiger partial charge in [-0.05, 0) is 29.8 Å². The number of methoxy groups -OCH3 is 1. The van der Waals surface area contributed by atoms with Crippen LogP contribution in [0.4, 0.5) is 0 Å². The van der Waals surface area contributed by atoms with Gasteiger partial charge in [-0.1, -0.05) is 12.1 Å². The Hall–Kier alpha value is -3.85. The van der Waals surface area contributed by atoms with Crippen LogP contribution in [-0.2, 0) is 13.0 Å². The average molecular weight is 367 g/mol. The SMILES string of the molecule is COc1cc2c(cc1Cn1ccnc1)Cc1c(-c3ccc(C#N)cc3)n[nH]c1-2. The van der Waals surface area contributed by atoms with Crippen LogP contribution in [0.1, 0.15) is 22.3 Å². The highest BCUT2D eigenvalue weighted by Gasteiger charge is 2.26. The predicted molar refractivity (Wildman–Crippen MR) is 105 cm³/mol. The van der Waals surface area contributed by atoms with E-state index in [1.165, 1.54) is 11.1 Å². The number of ether oxygens (including phenoxy) is 1. The van der Waals surface area contributed by atoms with E-state index in [2.05, 4.69) is 33.4 Å². The summed E-state index contributed by atoms with van der Waals surface area (Å²) in [5.74, 6) is 0.856. The number of benzene rings is 2. The Balaban J connectivity index is 1.54. The van der Waals surface area contributed by atoms with Crippen LogP contribution >= 0.6 is 0 Å². The van der Waals surface area contributed by atoms with Gasteiger partial charge in [0.15, 0.2) is 0 Å². The van der Waals surface area contributed by atoms with Crippen LogP contribution in [0, 0.1) is 11.3 Å². The van der Waals surface area contributed by atoms with E-state index < -0.39 is 0 Å². The van der Waals surface area contributed by atoms with E-state index in [9.17, 15) is 0 Å². The quantitative estimate of drug-likeness (QED) is 0.524. The zero-order chi connectivity index (χ0) is 19.1. The lowest BCUT2D eigenvalue weighted by Crippen LogP contribution is -2.01. The standard InChI is InChI=1S/C22H17N5O/c1-28-20-10-18-16(8-17(20)12-27-7-6-24-13-27)9-19-21(25-26-22(18)19)15-4-2-14(11-23)3-5-15/h2-8,10,13H,9,12H2,1H3,(H,25,26). The van der Waals surface area contributed by atoms with Crippen molar-refractivity contribution in [3.8, 4) is 34.3 Å². The summed E-state index contributed by atoms with van der Waals surface area (Å²) in [6.07, 6.45) is 6.35. The summed E-state index contributed by atoms with van der Waals surface area (Å²) < 4.78 is 7.68. The Morgan fingerprint density at radius 1 is 1.25 bits per heavy atom. The molecule has 136 valence electrons. The number of rotatable bonds is 4. The highest BCUT2D eigenvalue weighted by Crippen LogP contribution is 2.42. The van der Waals surface area contributed by atoms with Gasteiger partial charge in [0.25, 0.3) is 0 Å². The Morgan fingerprint density at radius 3 is 2.82 bits per heavy atom. The fourth-order valence-electron chi connectivity index (χ4n) is 3.84. The first-order valence-corrected chi connectivity index (χ1v) is 9.00. The van der Waals surface area contributed by atoms with Crippen molar-refractivity contribution in [2.24, 2.45) is 0 Å². The molecule has 2 heterocycles. The topological polar surface area (TPSA) is 79.5 Å². The van der Waals surface area contributed by atoms with Gasteiger partial charge in [-0.15, -0.1) is 0 Å². The van der Waals surface area contributed by atoms with E-state index in [1.54, 1.807) is 13.3 Å². The molecule has 0 unspecified atom stereocenters. The van der Waals surface area contributed by atoms with E-state index in [4.69, 9.17) is 10.00 Å². The lowest BCUT2D eigenvalue weighted by atomic mass is 10.0. The fourth-order valence-corrected chi connectivity index (χ4v) is 3.84. The molecule has 1 aliphatic carbocycles. The van der Waals surface area contributed by atoms with Crippen LogP contribution in [0.15, 0.2) is 55.1 Å². The third kappa shape index (κ3) is 2.57. The van der Waals surface area contributed by atoms with Gasteiger partial charge in [-0.3, -0.25) is 5.10 Å². The van der Waals surface area contributed by atoms with Crippen LogP contribution in [-0.4, -0.2) is 26.9 Å². The van der Waals surface area contributed by atoms with Gasteiger partial charge >= 0.3 is 0 Å². The number of hydrogen-bond acceptors (Lipinski definition) is 4. The molecule has 0 atom stereocenters. The van der Waals surface area contributed by atoms with Crippen LogP contribution < -0.4 is 4.74 Å². The Morgan fingerprint density at radius 2 is 2.11 bits per heavy atom. The average Bonchev–Trinajstić information content (AvgIpc) is 3.45. The first-order valence-electron chi connectivity index (χ1n) is 9.00. The highest BCUT2D eigenvalue weighted by molar-refractivity contribution is 5.82. The maximum absolute atomic E-state index is 9.01. The number of fused-ring (bicyclic) bond motifs is 3. The monoisotopic (exact) mass is 367 g/mol. The maximum atomic E-state index is 9.01. The van der Waals surface area contributed by atoms with Crippen LogP contribution in [0.2, 0.25) is 0 Å². The van der Waals surface area contributed by atoms with E-state index in [1.807, 2.05) is 41.4 Å². The molecule has 4 aromatic rings. The molecule has 6 nitrogen and oxygen atoms in total. The van der Waals surface area contributed by atoms with Crippen molar-refractivity contribution < 1.29 is 4.74 Å². The van der Waals surface area contributed by atoms with Gasteiger partial charge in [0.1, 0.15) is 5.75 Å². The zero-order valence-corrected chi connectivity index (χ0v) is 15.3. The largest absolute Gasteiger partial charge is 0.496 e. The van der Waals surface area contributed by atoms with Crippen molar-refractivity contribution >= 4 is 0 Å². The van der Waals surface area contributed by atoms with Crippen molar-refractivity contribution in [3.63, 3.8) is 0 Å². The van der Waals surface area contributed by atoms with E-state index >= 15 is 0 Å². The summed E-state index contributed by atoms with van der Waals surface area (Å²) in [5, 5.41) is 16.8. The van der Waals surface area contributed by atoms with E-state index in [0.29, 0.717) is 12.1 Å². The fraction of sp³-hybridized carbons (Fsp3) is 0.136. The molecule has 0 aliphatic heterocycles. The number of hydrogen-bond donors (Lipinski definition) is 1. The van der Waals surface area contributed by atoms with Crippen LogP contribution in [0.5, 0.6) is 5.75 Å². The Kier molecular flexibility index (Phi) is 3.73. The molecule has 28 heavy (non-hydrogen) atoms. The van der Waals surface area contributed by atoms with Crippen molar-refractivity contribution in [2.45, 2.75) is 13.0 Å². The highest BCUT2D eigenvalue weighted by atomic mass is 16.5. The molecule has 6 heteroatoms. The molecule has 2 aromatic carbocycles. The van der Waals surface area contributed by atoms with Gasteiger partial charge in [-0.2, -0.15) is 10.4 Å².